The molecule has 0 spiro atoms. The summed E-state index contributed by atoms with van der Waals surface area (Å²) in [5.41, 5.74) is 2.19. The maximum Gasteiger partial charge on any atom is 0.284 e. The van der Waals surface area contributed by atoms with Crippen molar-refractivity contribution in [2.24, 2.45) is 0 Å². The van der Waals surface area contributed by atoms with Gasteiger partial charge in [-0.2, -0.15) is 12.7 Å². The summed E-state index contributed by atoms with van der Waals surface area (Å²) < 4.78 is 30.2. The maximum absolute atomic E-state index is 10.5. The second kappa shape index (κ2) is 3.77. The Bertz CT molecular complexity index is 261. The molecule has 1 aliphatic rings. The van der Waals surface area contributed by atoms with Gasteiger partial charge in [0.1, 0.15) is 5.76 Å². The summed E-state index contributed by atoms with van der Waals surface area (Å²) in [5.74, 6) is 0.721. The van der Waals surface area contributed by atoms with Crippen LogP contribution in [0.5, 0.6) is 0 Å². The highest BCUT2D eigenvalue weighted by Crippen LogP contribution is 2.14. The Hall–Kier alpha value is -0.750. The highest BCUT2D eigenvalue weighted by molar-refractivity contribution is 7.85. The van der Waals surface area contributed by atoms with Gasteiger partial charge in [-0.15, -0.1) is 0 Å². The van der Waals surface area contributed by atoms with Crippen LogP contribution < -0.4 is 5.48 Å². The van der Waals surface area contributed by atoms with E-state index in [0.717, 1.165) is 24.9 Å². The fraction of sp³-hybridized carbons (Fsp3) is 0.667. The summed E-state index contributed by atoms with van der Waals surface area (Å²) in [6.45, 7) is 0.687. The van der Waals surface area contributed by atoms with Crippen LogP contribution in [-0.2, 0) is 19.1 Å². The maximum atomic E-state index is 10.5. The normalized spacial score (nSPS) is 20.9. The van der Waals surface area contributed by atoms with Gasteiger partial charge in [-0.05, 0) is 6.42 Å². The van der Waals surface area contributed by atoms with E-state index in [1.165, 1.54) is 6.20 Å². The van der Waals surface area contributed by atoms with E-state index in [1.807, 2.05) is 0 Å². The van der Waals surface area contributed by atoms with Gasteiger partial charge in [0.15, 0.2) is 0 Å². The molecular weight excluding hydrogens is 182 g/mol. The van der Waals surface area contributed by atoms with Gasteiger partial charge in [-0.3, -0.25) is 5.48 Å². The van der Waals surface area contributed by atoms with Crippen LogP contribution >= 0.6 is 0 Å². The molecule has 1 fully saturated rings. The molecule has 0 saturated carbocycles. The van der Waals surface area contributed by atoms with Gasteiger partial charge in [-0.1, -0.05) is 0 Å². The fourth-order valence-electron chi connectivity index (χ4n) is 0.813. The lowest BCUT2D eigenvalue weighted by Gasteiger charge is -2.00. The molecule has 0 aromatic heterocycles. The average molecular weight is 193 g/mol. The first kappa shape index (κ1) is 9.34. The summed E-state index contributed by atoms with van der Waals surface area (Å²) in [6.07, 6.45) is 4.16. The van der Waals surface area contributed by atoms with Gasteiger partial charge in [0.25, 0.3) is 10.1 Å². The standard InChI is InChI=1S/C6H11NO4S/c1-12(8,9)11-7-5-6-3-2-4-10-6/h5,7H,2-4H2,1H3/b6-5+. The van der Waals surface area contributed by atoms with Crippen molar-refractivity contribution < 1.29 is 17.4 Å². The van der Waals surface area contributed by atoms with E-state index in [1.54, 1.807) is 0 Å². The zero-order chi connectivity index (χ0) is 9.03. The van der Waals surface area contributed by atoms with E-state index in [9.17, 15) is 8.42 Å². The van der Waals surface area contributed by atoms with E-state index < -0.39 is 10.1 Å². The number of hydrogen-bond acceptors (Lipinski definition) is 5. The zero-order valence-electron chi connectivity index (χ0n) is 6.74. The molecule has 1 heterocycles. The minimum absolute atomic E-state index is 0.687. The van der Waals surface area contributed by atoms with Crippen molar-refractivity contribution in [3.63, 3.8) is 0 Å². The van der Waals surface area contributed by atoms with Gasteiger partial charge >= 0.3 is 0 Å². The van der Waals surface area contributed by atoms with Crippen molar-refractivity contribution >= 4 is 10.1 Å². The Balaban J connectivity index is 2.29. The van der Waals surface area contributed by atoms with Crippen LogP contribution in [0.3, 0.4) is 0 Å². The predicted octanol–water partition coefficient (Wildman–Crippen LogP) is 0.119. The van der Waals surface area contributed by atoms with E-state index in [-0.39, 0.29) is 0 Å². The van der Waals surface area contributed by atoms with Crippen molar-refractivity contribution in [1.82, 2.24) is 5.48 Å². The Kier molecular flexibility index (Phi) is 2.93. The third kappa shape index (κ3) is 3.59. The van der Waals surface area contributed by atoms with Crippen LogP contribution in [0.2, 0.25) is 0 Å². The number of allylic oxidation sites excluding steroid dienone is 1. The summed E-state index contributed by atoms with van der Waals surface area (Å²) in [4.78, 5) is 0. The van der Waals surface area contributed by atoms with Crippen LogP contribution in [0.25, 0.3) is 0 Å². The number of hydroxylamine groups is 1. The SMILES string of the molecule is CS(=O)(=O)ON/C=C1\CCCO1. The minimum atomic E-state index is -3.43. The third-order valence-corrected chi connectivity index (χ3v) is 1.67. The van der Waals surface area contributed by atoms with Gasteiger partial charge in [0.2, 0.25) is 0 Å². The smallest absolute Gasteiger partial charge is 0.284 e. The van der Waals surface area contributed by atoms with Crippen molar-refractivity contribution in [3.05, 3.63) is 12.0 Å². The molecule has 5 nitrogen and oxygen atoms in total. The van der Waals surface area contributed by atoms with Crippen molar-refractivity contribution in [2.45, 2.75) is 12.8 Å². The first-order valence-corrected chi connectivity index (χ1v) is 5.35. The van der Waals surface area contributed by atoms with Crippen molar-refractivity contribution in [3.8, 4) is 0 Å². The largest absolute Gasteiger partial charge is 0.496 e. The lowest BCUT2D eigenvalue weighted by atomic mass is 10.3. The van der Waals surface area contributed by atoms with Gasteiger partial charge in [0.05, 0.1) is 19.1 Å². The Morgan fingerprint density at radius 3 is 2.92 bits per heavy atom. The highest BCUT2D eigenvalue weighted by atomic mass is 32.2. The zero-order valence-corrected chi connectivity index (χ0v) is 7.56. The second-order valence-electron chi connectivity index (χ2n) is 2.47. The number of hydrogen-bond donors (Lipinski definition) is 1. The van der Waals surface area contributed by atoms with Gasteiger partial charge < -0.3 is 4.74 Å². The average Bonchev–Trinajstić information content (AvgIpc) is 2.36. The highest BCUT2D eigenvalue weighted by Gasteiger charge is 2.07. The third-order valence-electron chi connectivity index (χ3n) is 1.27. The second-order valence-corrected chi connectivity index (χ2v) is 4.04. The molecule has 0 unspecified atom stereocenters. The van der Waals surface area contributed by atoms with E-state index in [0.29, 0.717) is 6.61 Å². The van der Waals surface area contributed by atoms with E-state index >= 15 is 0 Å². The molecule has 6 heteroatoms. The molecular formula is C6H11NO4S. The minimum Gasteiger partial charge on any atom is -0.496 e. The monoisotopic (exact) mass is 193 g/mol. The van der Waals surface area contributed by atoms with Crippen LogP contribution in [0.4, 0.5) is 0 Å². The molecule has 0 radical (unpaired) electrons. The number of nitrogens with one attached hydrogen (secondary N) is 1. The molecule has 1 saturated heterocycles. The summed E-state index contributed by atoms with van der Waals surface area (Å²) >= 11 is 0. The molecule has 0 atom stereocenters. The van der Waals surface area contributed by atoms with E-state index in [4.69, 9.17) is 4.74 Å². The Morgan fingerprint density at radius 2 is 2.42 bits per heavy atom. The molecule has 1 N–H and O–H groups in total. The first-order valence-electron chi connectivity index (χ1n) is 3.54. The summed E-state index contributed by atoms with van der Waals surface area (Å²) in [6, 6.07) is 0. The quantitative estimate of drug-likeness (QED) is 0.645. The van der Waals surface area contributed by atoms with Crippen LogP contribution in [0, 0.1) is 0 Å². The lowest BCUT2D eigenvalue weighted by Crippen LogP contribution is -2.13. The molecule has 1 aliphatic heterocycles. The van der Waals surface area contributed by atoms with Crippen LogP contribution in [-0.4, -0.2) is 21.3 Å². The summed E-state index contributed by atoms with van der Waals surface area (Å²) in [7, 11) is -3.43. The molecule has 0 aromatic carbocycles. The molecule has 12 heavy (non-hydrogen) atoms. The Morgan fingerprint density at radius 1 is 1.67 bits per heavy atom. The predicted molar refractivity (Wildman–Crippen MR) is 42.3 cm³/mol. The first-order chi connectivity index (χ1) is 5.58. The topological polar surface area (TPSA) is 64.6 Å². The number of ether oxygens (including phenoxy) is 1. The van der Waals surface area contributed by atoms with Gasteiger partial charge in [-0.25, -0.2) is 0 Å². The lowest BCUT2D eigenvalue weighted by molar-refractivity contribution is 0.227. The molecule has 0 aliphatic carbocycles. The molecule has 0 aromatic rings. The molecule has 0 amide bonds. The number of rotatable bonds is 3. The van der Waals surface area contributed by atoms with Crippen molar-refractivity contribution in [1.29, 1.82) is 0 Å². The van der Waals surface area contributed by atoms with Gasteiger partial charge in [0, 0.05) is 6.42 Å². The molecule has 1 rings (SSSR count). The van der Waals surface area contributed by atoms with Crippen LogP contribution in [0.1, 0.15) is 12.8 Å². The fourth-order valence-corrected chi connectivity index (χ4v) is 1.04. The van der Waals surface area contributed by atoms with Crippen molar-refractivity contribution in [2.75, 3.05) is 12.9 Å². The molecule has 0 bridgehead atoms. The summed E-state index contributed by atoms with van der Waals surface area (Å²) in [5, 5.41) is 0. The Labute approximate surface area is 71.4 Å². The van der Waals surface area contributed by atoms with E-state index in [2.05, 4.69) is 9.76 Å². The molecule has 70 valence electrons. The van der Waals surface area contributed by atoms with Crippen LogP contribution in [0.15, 0.2) is 12.0 Å².